The van der Waals surface area contributed by atoms with E-state index in [4.69, 9.17) is 17.3 Å². The number of nitrogen functional groups attached to an aromatic ring is 1. The van der Waals surface area contributed by atoms with E-state index in [1.165, 1.54) is 6.20 Å². The van der Waals surface area contributed by atoms with Gasteiger partial charge < -0.3 is 21.3 Å². The van der Waals surface area contributed by atoms with E-state index in [2.05, 4.69) is 10.3 Å². The number of phenols is 2. The zero-order valence-electron chi connectivity index (χ0n) is 15.7. The number of thiazole rings is 1. The molecule has 172 valence electrons. The molecule has 0 bridgehead atoms. The lowest BCUT2D eigenvalue weighted by molar-refractivity contribution is -0.288. The zero-order valence-corrected chi connectivity index (χ0v) is 17.3. The minimum atomic E-state index is -5.85. The largest absolute Gasteiger partial charge is 0.506 e. The van der Waals surface area contributed by atoms with Crippen molar-refractivity contribution < 1.29 is 36.6 Å². The molecule has 0 radical (unpaired) electrons. The van der Waals surface area contributed by atoms with Crippen molar-refractivity contribution in [3.8, 4) is 11.5 Å². The summed E-state index contributed by atoms with van der Waals surface area (Å²) in [5.41, 5.74) is -2.55. The first-order valence-electron chi connectivity index (χ1n) is 8.67. The highest BCUT2D eigenvalue weighted by Gasteiger charge is 2.72. The van der Waals surface area contributed by atoms with Gasteiger partial charge in [0.15, 0.2) is 4.47 Å². The monoisotopic (exact) mass is 497 g/mol. The number of rotatable bonds is 5. The van der Waals surface area contributed by atoms with Crippen LogP contribution in [-0.2, 0) is 12.0 Å². The molecule has 3 rings (SSSR count). The Bertz CT molecular complexity index is 1120. The normalized spacial score (nSPS) is 12.7. The number of nitrogens with two attached hydrogens (primary N) is 1. The number of hydrogen-bond acceptors (Lipinski definition) is 6. The van der Waals surface area contributed by atoms with Crippen molar-refractivity contribution in [2.24, 2.45) is 0 Å². The Labute approximate surface area is 186 Å². The molecule has 0 fully saturated rings. The Balaban J connectivity index is 2.19. The third-order valence-corrected chi connectivity index (χ3v) is 5.83. The van der Waals surface area contributed by atoms with Crippen LogP contribution >= 0.6 is 22.9 Å². The molecule has 2 aromatic carbocycles. The molecule has 5 nitrogen and oxygen atoms in total. The van der Waals surface area contributed by atoms with Gasteiger partial charge in [-0.1, -0.05) is 23.7 Å². The summed E-state index contributed by atoms with van der Waals surface area (Å²) in [7, 11) is 0. The van der Waals surface area contributed by atoms with Gasteiger partial charge in [-0.15, -0.1) is 11.3 Å². The highest BCUT2D eigenvalue weighted by Crippen LogP contribution is 2.57. The standard InChI is InChI=1S/C19H14ClF6N3O2S/c20-16-29-8-11(32-16)7-28-13-6-10(2-4-15(13)31)17(18(21,22)23,19(24,25)26)9-1-3-14(30)12(27)5-9/h1-6,8,28,30-31H,7,27H2. The molecular weight excluding hydrogens is 484 g/mol. The van der Waals surface area contributed by atoms with Crippen molar-refractivity contribution in [1.29, 1.82) is 0 Å². The van der Waals surface area contributed by atoms with Gasteiger partial charge in [-0.2, -0.15) is 26.3 Å². The second-order valence-electron chi connectivity index (χ2n) is 6.68. The van der Waals surface area contributed by atoms with Crippen LogP contribution in [0, 0.1) is 0 Å². The minimum Gasteiger partial charge on any atom is -0.506 e. The highest BCUT2D eigenvalue weighted by atomic mass is 35.5. The summed E-state index contributed by atoms with van der Waals surface area (Å²) in [6, 6.07) is 3.43. The van der Waals surface area contributed by atoms with Gasteiger partial charge >= 0.3 is 12.4 Å². The minimum absolute atomic E-state index is 0.0570. The molecule has 5 N–H and O–H groups in total. The van der Waals surface area contributed by atoms with E-state index in [9.17, 15) is 36.6 Å². The Morgan fingerprint density at radius 2 is 1.50 bits per heavy atom. The number of alkyl halides is 6. The Kier molecular flexibility index (Phi) is 6.13. The molecule has 0 spiro atoms. The first kappa shape index (κ1) is 23.8. The summed E-state index contributed by atoms with van der Waals surface area (Å²) >= 11 is 6.75. The first-order valence-corrected chi connectivity index (χ1v) is 9.87. The van der Waals surface area contributed by atoms with E-state index < -0.39 is 46.1 Å². The number of benzene rings is 2. The molecule has 0 aliphatic carbocycles. The molecule has 0 aliphatic heterocycles. The summed E-state index contributed by atoms with van der Waals surface area (Å²) in [5, 5.41) is 22.1. The molecule has 0 saturated heterocycles. The molecule has 32 heavy (non-hydrogen) atoms. The maximum Gasteiger partial charge on any atom is 0.411 e. The number of nitrogens with one attached hydrogen (secondary N) is 1. The predicted octanol–water partition coefficient (Wildman–Crippen LogP) is 5.81. The van der Waals surface area contributed by atoms with Crippen molar-refractivity contribution in [2.45, 2.75) is 24.3 Å². The summed E-state index contributed by atoms with van der Waals surface area (Å²) in [5.74, 6) is -1.23. The van der Waals surface area contributed by atoms with Crippen molar-refractivity contribution in [3.05, 3.63) is 63.1 Å². The van der Waals surface area contributed by atoms with Gasteiger partial charge in [0.1, 0.15) is 11.5 Å². The molecule has 3 aromatic rings. The van der Waals surface area contributed by atoms with Gasteiger partial charge in [0.25, 0.3) is 0 Å². The van der Waals surface area contributed by atoms with Crippen LogP contribution in [0.5, 0.6) is 11.5 Å². The lowest BCUT2D eigenvalue weighted by atomic mass is 9.72. The number of phenolic OH excluding ortho intramolecular Hbond substituents is 2. The van der Waals surface area contributed by atoms with Gasteiger partial charge in [-0.25, -0.2) is 4.98 Å². The Morgan fingerprint density at radius 3 is 2.00 bits per heavy atom. The predicted molar refractivity (Wildman–Crippen MR) is 108 cm³/mol. The van der Waals surface area contributed by atoms with Crippen LogP contribution in [0.15, 0.2) is 42.6 Å². The SMILES string of the molecule is Nc1cc(C(c2ccc(O)c(NCc3cnc(Cl)s3)c2)(C(F)(F)F)C(F)(F)F)ccc1O. The van der Waals surface area contributed by atoms with Crippen LogP contribution < -0.4 is 11.1 Å². The van der Waals surface area contributed by atoms with Crippen LogP contribution in [0.2, 0.25) is 4.47 Å². The molecule has 13 heteroatoms. The van der Waals surface area contributed by atoms with Gasteiger partial charge in [0.05, 0.1) is 17.9 Å². The number of anilines is 2. The number of aromatic nitrogens is 1. The topological polar surface area (TPSA) is 91.4 Å². The van der Waals surface area contributed by atoms with Crippen LogP contribution in [-0.4, -0.2) is 27.5 Å². The van der Waals surface area contributed by atoms with Crippen LogP contribution in [0.1, 0.15) is 16.0 Å². The fraction of sp³-hybridized carbons (Fsp3) is 0.211. The van der Waals surface area contributed by atoms with E-state index in [0.29, 0.717) is 35.2 Å². The maximum atomic E-state index is 14.2. The summed E-state index contributed by atoms with van der Waals surface area (Å²) in [4.78, 5) is 4.31. The number of hydrogen-bond donors (Lipinski definition) is 4. The third kappa shape index (κ3) is 4.11. The fourth-order valence-electron chi connectivity index (χ4n) is 3.23. The van der Waals surface area contributed by atoms with E-state index in [1.54, 1.807) is 0 Å². The molecule has 1 aromatic heterocycles. The van der Waals surface area contributed by atoms with Crippen molar-refractivity contribution in [1.82, 2.24) is 4.98 Å². The summed E-state index contributed by atoms with van der Waals surface area (Å²) in [6.07, 6.45) is -10.3. The number of halogens is 7. The fourth-order valence-corrected chi connectivity index (χ4v) is 4.15. The third-order valence-electron chi connectivity index (χ3n) is 4.72. The van der Waals surface area contributed by atoms with Crippen LogP contribution in [0.25, 0.3) is 0 Å². The Morgan fingerprint density at radius 1 is 0.938 bits per heavy atom. The number of aromatic hydroxyl groups is 2. The zero-order chi connectivity index (χ0) is 23.9. The average molecular weight is 498 g/mol. The van der Waals surface area contributed by atoms with Gasteiger partial charge in [0.2, 0.25) is 5.41 Å². The van der Waals surface area contributed by atoms with Gasteiger partial charge in [-0.05, 0) is 35.4 Å². The quantitative estimate of drug-likeness (QED) is 0.203. The molecule has 0 saturated carbocycles. The van der Waals surface area contributed by atoms with Crippen molar-refractivity contribution >= 4 is 34.3 Å². The highest BCUT2D eigenvalue weighted by molar-refractivity contribution is 7.15. The van der Waals surface area contributed by atoms with Crippen LogP contribution in [0.3, 0.4) is 0 Å². The molecule has 0 aliphatic rings. The first-order chi connectivity index (χ1) is 14.8. The van der Waals surface area contributed by atoms with Gasteiger partial charge in [-0.3, -0.25) is 0 Å². The molecule has 1 heterocycles. The summed E-state index contributed by atoms with van der Waals surface area (Å²) in [6.45, 7) is -0.0570. The second kappa shape index (κ2) is 8.24. The molecular formula is C19H14ClF6N3O2S. The van der Waals surface area contributed by atoms with E-state index in [1.807, 2.05) is 0 Å². The summed E-state index contributed by atoms with van der Waals surface area (Å²) < 4.78 is 85.6. The molecule has 0 atom stereocenters. The maximum absolute atomic E-state index is 14.2. The second-order valence-corrected chi connectivity index (χ2v) is 8.38. The average Bonchev–Trinajstić information content (AvgIpc) is 3.08. The lowest BCUT2D eigenvalue weighted by Crippen LogP contribution is -2.54. The number of nitrogens with zero attached hydrogens (tertiary/aromatic N) is 1. The van der Waals surface area contributed by atoms with Crippen molar-refractivity contribution in [2.75, 3.05) is 11.1 Å². The smallest absolute Gasteiger partial charge is 0.411 e. The molecule has 0 amide bonds. The van der Waals surface area contributed by atoms with E-state index >= 15 is 0 Å². The van der Waals surface area contributed by atoms with E-state index in [0.717, 1.165) is 17.4 Å². The van der Waals surface area contributed by atoms with E-state index in [-0.39, 0.29) is 16.7 Å². The van der Waals surface area contributed by atoms with Gasteiger partial charge in [0, 0.05) is 11.1 Å². The lowest BCUT2D eigenvalue weighted by Gasteiger charge is -2.38. The molecule has 0 unspecified atom stereocenters. The Hall–Kier alpha value is -2.86. The van der Waals surface area contributed by atoms with Crippen LogP contribution in [0.4, 0.5) is 37.7 Å². The van der Waals surface area contributed by atoms with Crippen molar-refractivity contribution in [3.63, 3.8) is 0 Å².